The number of amides is 2. The van der Waals surface area contributed by atoms with Crippen molar-refractivity contribution in [2.75, 3.05) is 22.9 Å². The lowest BCUT2D eigenvalue weighted by Gasteiger charge is -2.43. The first-order valence-electron chi connectivity index (χ1n) is 12.4. The standard InChI is InChI=1S/C27H29F2N5O/c1-31-15-20-17-33(21-11-13-32(14-12-21)25-23(28)7-4-8-24(25)29)27(35)34(26(20)30-31)16-19-5-2-3-6-22(19)18-9-10-18/h2-8,15,18,21H,9-14,16-17H2,1H3. The Kier molecular flexibility index (Phi) is 5.46. The van der Waals surface area contributed by atoms with Gasteiger partial charge >= 0.3 is 6.03 Å². The summed E-state index contributed by atoms with van der Waals surface area (Å²) in [4.78, 5) is 19.3. The molecule has 2 amide bonds. The van der Waals surface area contributed by atoms with Gasteiger partial charge in [-0.05, 0) is 54.9 Å². The molecule has 3 aliphatic rings. The molecule has 2 aromatic carbocycles. The Morgan fingerprint density at radius 3 is 2.40 bits per heavy atom. The van der Waals surface area contributed by atoms with Crippen LogP contribution < -0.4 is 9.80 Å². The van der Waals surface area contributed by atoms with Crippen LogP contribution in [0.3, 0.4) is 0 Å². The number of aryl methyl sites for hydroxylation is 1. The van der Waals surface area contributed by atoms with Gasteiger partial charge in [0.2, 0.25) is 0 Å². The molecule has 3 aromatic rings. The summed E-state index contributed by atoms with van der Waals surface area (Å²) in [7, 11) is 1.88. The lowest BCUT2D eigenvalue weighted by atomic mass is 10.00. The highest BCUT2D eigenvalue weighted by molar-refractivity contribution is 5.94. The van der Waals surface area contributed by atoms with E-state index in [9.17, 15) is 13.6 Å². The highest BCUT2D eigenvalue weighted by atomic mass is 19.1. The number of benzene rings is 2. The first-order chi connectivity index (χ1) is 17.0. The molecule has 35 heavy (non-hydrogen) atoms. The van der Waals surface area contributed by atoms with Crippen molar-refractivity contribution in [3.8, 4) is 0 Å². The van der Waals surface area contributed by atoms with Gasteiger partial charge in [-0.25, -0.2) is 13.6 Å². The van der Waals surface area contributed by atoms with Crippen molar-refractivity contribution in [3.63, 3.8) is 0 Å². The number of halogens is 2. The van der Waals surface area contributed by atoms with Crippen LogP contribution in [0.4, 0.5) is 25.1 Å². The minimum absolute atomic E-state index is 0.00289. The topological polar surface area (TPSA) is 44.6 Å². The van der Waals surface area contributed by atoms with Crippen molar-refractivity contribution in [2.24, 2.45) is 7.05 Å². The average molecular weight is 478 g/mol. The predicted octanol–water partition coefficient (Wildman–Crippen LogP) is 5.19. The van der Waals surface area contributed by atoms with Crippen LogP contribution in [0.5, 0.6) is 0 Å². The zero-order chi connectivity index (χ0) is 24.1. The van der Waals surface area contributed by atoms with Gasteiger partial charge < -0.3 is 9.80 Å². The van der Waals surface area contributed by atoms with Crippen LogP contribution in [0.15, 0.2) is 48.7 Å². The third-order valence-corrected chi connectivity index (χ3v) is 7.52. The van der Waals surface area contributed by atoms with Crippen LogP contribution in [-0.4, -0.2) is 39.8 Å². The van der Waals surface area contributed by atoms with Crippen LogP contribution in [0.2, 0.25) is 0 Å². The smallest absolute Gasteiger partial charge is 0.326 e. The Labute approximate surface area is 203 Å². The van der Waals surface area contributed by atoms with Crippen LogP contribution in [0, 0.1) is 11.6 Å². The lowest BCUT2D eigenvalue weighted by molar-refractivity contribution is 0.159. The summed E-state index contributed by atoms with van der Waals surface area (Å²) in [6.45, 7) is 1.99. The molecule has 1 aromatic heterocycles. The molecule has 1 saturated heterocycles. The van der Waals surface area contributed by atoms with Gasteiger partial charge in [0.05, 0.1) is 13.1 Å². The lowest BCUT2D eigenvalue weighted by Crippen LogP contribution is -2.54. The van der Waals surface area contributed by atoms with E-state index in [1.54, 1.807) is 9.58 Å². The maximum Gasteiger partial charge on any atom is 0.326 e. The van der Waals surface area contributed by atoms with Crippen molar-refractivity contribution >= 4 is 17.5 Å². The van der Waals surface area contributed by atoms with Crippen molar-refractivity contribution in [1.82, 2.24) is 14.7 Å². The third kappa shape index (κ3) is 4.05. The van der Waals surface area contributed by atoms with Gasteiger partial charge in [0.1, 0.15) is 17.3 Å². The Balaban J connectivity index is 1.24. The largest absolute Gasteiger partial charge is 0.367 e. The van der Waals surface area contributed by atoms with E-state index < -0.39 is 11.6 Å². The fraction of sp³-hybridized carbons (Fsp3) is 0.407. The van der Waals surface area contributed by atoms with Gasteiger partial charge in [-0.3, -0.25) is 9.58 Å². The van der Waals surface area contributed by atoms with E-state index >= 15 is 0 Å². The second-order valence-corrected chi connectivity index (χ2v) is 9.91. The highest BCUT2D eigenvalue weighted by Gasteiger charge is 2.39. The van der Waals surface area contributed by atoms with E-state index in [1.165, 1.54) is 42.2 Å². The van der Waals surface area contributed by atoms with E-state index in [0.717, 1.165) is 11.4 Å². The molecule has 8 heteroatoms. The summed E-state index contributed by atoms with van der Waals surface area (Å²) in [5.74, 6) is 0.231. The molecule has 1 aliphatic carbocycles. The maximum absolute atomic E-state index is 14.3. The SMILES string of the molecule is Cn1cc2c(n1)N(Cc1ccccc1C1CC1)C(=O)N(C1CCN(c3c(F)cccc3F)CC1)C2. The molecule has 3 heterocycles. The zero-order valence-electron chi connectivity index (χ0n) is 19.8. The van der Waals surface area contributed by atoms with Gasteiger partial charge in [-0.2, -0.15) is 5.10 Å². The number of para-hydroxylation sites is 1. The second-order valence-electron chi connectivity index (χ2n) is 9.91. The van der Waals surface area contributed by atoms with E-state index in [1.807, 2.05) is 29.1 Å². The molecule has 0 radical (unpaired) electrons. The van der Waals surface area contributed by atoms with E-state index in [0.29, 0.717) is 44.9 Å². The summed E-state index contributed by atoms with van der Waals surface area (Å²) in [5.41, 5.74) is 3.56. The highest BCUT2D eigenvalue weighted by Crippen LogP contribution is 2.42. The predicted molar refractivity (Wildman–Crippen MR) is 130 cm³/mol. The maximum atomic E-state index is 14.3. The molecule has 182 valence electrons. The fourth-order valence-electron chi connectivity index (χ4n) is 5.62. The van der Waals surface area contributed by atoms with Crippen molar-refractivity contribution in [1.29, 1.82) is 0 Å². The van der Waals surface area contributed by atoms with Gasteiger partial charge in [-0.15, -0.1) is 0 Å². The summed E-state index contributed by atoms with van der Waals surface area (Å²) in [6, 6.07) is 12.3. The van der Waals surface area contributed by atoms with E-state index in [-0.39, 0.29) is 17.8 Å². The third-order valence-electron chi connectivity index (χ3n) is 7.52. The Morgan fingerprint density at radius 1 is 0.971 bits per heavy atom. The van der Waals surface area contributed by atoms with Gasteiger partial charge in [-0.1, -0.05) is 30.3 Å². The minimum Gasteiger partial charge on any atom is -0.367 e. The fourth-order valence-corrected chi connectivity index (χ4v) is 5.62. The summed E-state index contributed by atoms with van der Waals surface area (Å²) < 4.78 is 30.4. The average Bonchev–Trinajstić information content (AvgIpc) is 3.63. The molecule has 0 spiro atoms. The molecular weight excluding hydrogens is 448 g/mol. The molecule has 1 saturated carbocycles. The molecule has 6 rings (SSSR count). The molecular formula is C27H29F2N5O. The number of anilines is 2. The first kappa shape index (κ1) is 22.1. The van der Waals surface area contributed by atoms with Gasteiger partial charge in [0, 0.05) is 37.9 Å². The number of carbonyl (C=O) groups excluding carboxylic acids is 1. The number of nitrogens with zero attached hydrogens (tertiary/aromatic N) is 5. The number of aromatic nitrogens is 2. The van der Waals surface area contributed by atoms with Crippen molar-refractivity contribution < 1.29 is 13.6 Å². The van der Waals surface area contributed by atoms with Crippen molar-refractivity contribution in [2.45, 2.75) is 50.7 Å². The molecule has 0 bridgehead atoms. The molecule has 2 aliphatic heterocycles. The normalized spacial score (nSPS) is 18.8. The number of fused-ring (bicyclic) bond motifs is 1. The number of carbonyl (C=O) groups is 1. The van der Waals surface area contributed by atoms with Crippen LogP contribution in [0.1, 0.15) is 48.3 Å². The van der Waals surface area contributed by atoms with Crippen molar-refractivity contribution in [3.05, 3.63) is 77.0 Å². The Bertz CT molecular complexity index is 1240. The second kappa shape index (κ2) is 8.66. The molecule has 2 fully saturated rings. The number of piperidine rings is 1. The van der Waals surface area contributed by atoms with Crippen LogP contribution >= 0.6 is 0 Å². The first-order valence-corrected chi connectivity index (χ1v) is 12.4. The van der Waals surface area contributed by atoms with Crippen LogP contribution in [-0.2, 0) is 20.1 Å². The summed E-state index contributed by atoms with van der Waals surface area (Å²) in [5, 5.41) is 4.62. The number of hydrogen-bond donors (Lipinski definition) is 0. The van der Waals surface area contributed by atoms with E-state index in [4.69, 9.17) is 0 Å². The summed E-state index contributed by atoms with van der Waals surface area (Å²) >= 11 is 0. The monoisotopic (exact) mass is 477 g/mol. The van der Waals surface area contributed by atoms with Gasteiger partial charge in [0.25, 0.3) is 0 Å². The van der Waals surface area contributed by atoms with E-state index in [2.05, 4.69) is 23.3 Å². The quantitative estimate of drug-likeness (QED) is 0.508. The Hall–Kier alpha value is -3.42. The summed E-state index contributed by atoms with van der Waals surface area (Å²) in [6.07, 6.45) is 5.70. The number of hydrogen-bond acceptors (Lipinski definition) is 3. The number of rotatable bonds is 5. The number of urea groups is 1. The van der Waals surface area contributed by atoms with Gasteiger partial charge in [0.15, 0.2) is 5.82 Å². The van der Waals surface area contributed by atoms with Crippen LogP contribution in [0.25, 0.3) is 0 Å². The molecule has 0 atom stereocenters. The molecule has 0 unspecified atom stereocenters. The Morgan fingerprint density at radius 2 is 1.69 bits per heavy atom. The minimum atomic E-state index is -0.544. The molecule has 0 N–H and O–H groups in total. The molecule has 6 nitrogen and oxygen atoms in total. The zero-order valence-corrected chi connectivity index (χ0v) is 19.8.